The quantitative estimate of drug-likeness (QED) is 0.661. The molecule has 0 spiro atoms. The van der Waals surface area contributed by atoms with Crippen LogP contribution in [0.1, 0.15) is 27.9 Å². The van der Waals surface area contributed by atoms with Gasteiger partial charge in [-0.25, -0.2) is 5.01 Å². The minimum Gasteiger partial charge on any atom is -0.272 e. The van der Waals surface area contributed by atoms with Crippen LogP contribution in [0.15, 0.2) is 48.5 Å². The van der Waals surface area contributed by atoms with Gasteiger partial charge in [0.1, 0.15) is 0 Å². The molecule has 0 aliphatic heterocycles. The van der Waals surface area contributed by atoms with E-state index in [1.54, 1.807) is 26.2 Å². The predicted molar refractivity (Wildman–Crippen MR) is 95.9 cm³/mol. The maximum atomic E-state index is 13.2. The first-order valence-corrected chi connectivity index (χ1v) is 8.47. The second-order valence-corrected chi connectivity index (χ2v) is 6.49. The number of hydrazine groups is 1. The van der Waals surface area contributed by atoms with Crippen molar-refractivity contribution in [3.05, 3.63) is 70.2 Å². The highest BCUT2D eigenvalue weighted by molar-refractivity contribution is 6.30. The lowest BCUT2D eigenvalue weighted by Gasteiger charge is -2.30. The Morgan fingerprint density at radius 2 is 1.65 bits per heavy atom. The van der Waals surface area contributed by atoms with Gasteiger partial charge in [0, 0.05) is 25.7 Å². The Morgan fingerprint density at radius 1 is 1.04 bits per heavy atom. The lowest BCUT2D eigenvalue weighted by Crippen LogP contribution is -2.43. The van der Waals surface area contributed by atoms with Gasteiger partial charge in [0.25, 0.3) is 5.91 Å². The Labute approximate surface area is 155 Å². The Balaban J connectivity index is 2.12. The third-order valence-corrected chi connectivity index (χ3v) is 4.18. The Hall–Kier alpha value is -2.05. The second kappa shape index (κ2) is 8.56. The zero-order valence-corrected chi connectivity index (χ0v) is 15.3. The number of aryl methyl sites for hydroxylation is 1. The monoisotopic (exact) mass is 384 g/mol. The topological polar surface area (TPSA) is 23.6 Å². The van der Waals surface area contributed by atoms with E-state index in [1.807, 2.05) is 12.1 Å². The number of amides is 1. The van der Waals surface area contributed by atoms with Crippen LogP contribution in [-0.4, -0.2) is 36.6 Å². The molecule has 0 aliphatic rings. The molecule has 26 heavy (non-hydrogen) atoms. The van der Waals surface area contributed by atoms with Gasteiger partial charge in [-0.2, -0.15) is 13.2 Å². The van der Waals surface area contributed by atoms with E-state index in [2.05, 4.69) is 0 Å². The second-order valence-electron chi connectivity index (χ2n) is 6.05. The summed E-state index contributed by atoms with van der Waals surface area (Å²) in [6, 6.07) is 12.2. The molecule has 0 saturated carbocycles. The van der Waals surface area contributed by atoms with Crippen LogP contribution >= 0.6 is 11.6 Å². The summed E-state index contributed by atoms with van der Waals surface area (Å²) < 4.78 is 39.6. The summed E-state index contributed by atoms with van der Waals surface area (Å²) in [6.45, 7) is 0.306. The summed E-state index contributed by atoms with van der Waals surface area (Å²) in [5.41, 5.74) is -0.217. The lowest BCUT2D eigenvalue weighted by molar-refractivity contribution is -0.138. The maximum Gasteiger partial charge on any atom is 0.417 e. The van der Waals surface area contributed by atoms with E-state index in [4.69, 9.17) is 11.6 Å². The Kier molecular flexibility index (Phi) is 6.67. The van der Waals surface area contributed by atoms with Crippen LogP contribution in [0.4, 0.5) is 13.2 Å². The molecule has 2 aromatic rings. The Bertz CT molecular complexity index is 745. The van der Waals surface area contributed by atoms with Crippen molar-refractivity contribution in [2.45, 2.75) is 19.0 Å². The number of hydrogen-bond donors (Lipinski definition) is 0. The fourth-order valence-corrected chi connectivity index (χ4v) is 2.75. The number of nitrogens with zero attached hydrogens (tertiary/aromatic N) is 2. The van der Waals surface area contributed by atoms with Crippen LogP contribution in [0.5, 0.6) is 0 Å². The van der Waals surface area contributed by atoms with Crippen LogP contribution < -0.4 is 0 Å². The van der Waals surface area contributed by atoms with Crippen LogP contribution in [-0.2, 0) is 12.6 Å². The fraction of sp³-hybridized carbons (Fsp3) is 0.316. The van der Waals surface area contributed by atoms with Gasteiger partial charge in [0.2, 0.25) is 0 Å². The van der Waals surface area contributed by atoms with Crippen molar-refractivity contribution >= 4 is 17.5 Å². The van der Waals surface area contributed by atoms with E-state index in [0.29, 0.717) is 24.4 Å². The first kappa shape index (κ1) is 20.3. The van der Waals surface area contributed by atoms with Gasteiger partial charge >= 0.3 is 6.18 Å². The highest BCUT2D eigenvalue weighted by Gasteiger charge is 2.36. The van der Waals surface area contributed by atoms with Crippen molar-refractivity contribution in [2.75, 3.05) is 20.6 Å². The minimum absolute atomic E-state index is 0.306. The van der Waals surface area contributed by atoms with Gasteiger partial charge in [-0.1, -0.05) is 35.9 Å². The van der Waals surface area contributed by atoms with Crippen LogP contribution in [0, 0.1) is 0 Å². The molecular weight excluding hydrogens is 365 g/mol. The van der Waals surface area contributed by atoms with Gasteiger partial charge in [0.05, 0.1) is 11.1 Å². The SMILES string of the molecule is CN(C)N(CCCc1ccc(Cl)cc1)C(=O)c1ccccc1C(F)(F)F. The smallest absolute Gasteiger partial charge is 0.272 e. The van der Waals surface area contributed by atoms with Gasteiger partial charge in [-0.15, -0.1) is 0 Å². The number of carbonyl (C=O) groups is 1. The molecule has 0 radical (unpaired) electrons. The van der Waals surface area contributed by atoms with Gasteiger partial charge in [-0.3, -0.25) is 9.80 Å². The van der Waals surface area contributed by atoms with Crippen molar-refractivity contribution in [1.82, 2.24) is 10.0 Å². The molecule has 0 fully saturated rings. The fourth-order valence-electron chi connectivity index (χ4n) is 2.62. The lowest BCUT2D eigenvalue weighted by atomic mass is 10.1. The van der Waals surface area contributed by atoms with E-state index in [0.717, 1.165) is 11.6 Å². The predicted octanol–water partition coefficient (Wildman–Crippen LogP) is 4.91. The van der Waals surface area contributed by atoms with Crippen molar-refractivity contribution in [1.29, 1.82) is 0 Å². The molecule has 0 N–H and O–H groups in total. The number of hydrogen-bond acceptors (Lipinski definition) is 2. The first-order chi connectivity index (χ1) is 12.2. The number of rotatable bonds is 6. The first-order valence-electron chi connectivity index (χ1n) is 8.10. The molecule has 0 unspecified atom stereocenters. The van der Waals surface area contributed by atoms with E-state index in [9.17, 15) is 18.0 Å². The molecule has 2 aromatic carbocycles. The molecule has 1 amide bonds. The highest BCUT2D eigenvalue weighted by Crippen LogP contribution is 2.32. The number of carbonyl (C=O) groups excluding carboxylic acids is 1. The van der Waals surface area contributed by atoms with Crippen LogP contribution in [0.2, 0.25) is 5.02 Å². The van der Waals surface area contributed by atoms with E-state index < -0.39 is 17.6 Å². The minimum atomic E-state index is -4.58. The third-order valence-electron chi connectivity index (χ3n) is 3.93. The van der Waals surface area contributed by atoms with E-state index in [1.165, 1.54) is 28.2 Å². The Morgan fingerprint density at radius 3 is 2.23 bits per heavy atom. The molecule has 2 rings (SSSR count). The van der Waals surface area contributed by atoms with Crippen LogP contribution in [0.3, 0.4) is 0 Å². The summed E-state index contributed by atoms with van der Waals surface area (Å²) in [7, 11) is 3.27. The number of benzene rings is 2. The zero-order valence-electron chi connectivity index (χ0n) is 14.6. The van der Waals surface area contributed by atoms with Crippen molar-refractivity contribution in [2.24, 2.45) is 0 Å². The molecule has 7 heteroatoms. The number of halogens is 4. The largest absolute Gasteiger partial charge is 0.417 e. The molecule has 0 aliphatic carbocycles. The van der Waals surface area contributed by atoms with Gasteiger partial charge in [-0.05, 0) is 42.7 Å². The molecule has 0 saturated heterocycles. The van der Waals surface area contributed by atoms with E-state index in [-0.39, 0.29) is 5.56 Å². The summed E-state index contributed by atoms with van der Waals surface area (Å²) in [5.74, 6) is -0.668. The summed E-state index contributed by atoms with van der Waals surface area (Å²) in [5, 5.41) is 3.47. The molecule has 140 valence electrons. The average molecular weight is 385 g/mol. The maximum absolute atomic E-state index is 13.2. The summed E-state index contributed by atoms with van der Waals surface area (Å²) in [6.07, 6.45) is -3.27. The third kappa shape index (κ3) is 5.22. The molecule has 0 heterocycles. The summed E-state index contributed by atoms with van der Waals surface area (Å²) in [4.78, 5) is 12.7. The van der Waals surface area contributed by atoms with Gasteiger partial charge < -0.3 is 0 Å². The molecule has 0 bridgehead atoms. The van der Waals surface area contributed by atoms with Crippen molar-refractivity contribution < 1.29 is 18.0 Å². The number of alkyl halides is 3. The average Bonchev–Trinajstić information content (AvgIpc) is 2.58. The van der Waals surface area contributed by atoms with E-state index >= 15 is 0 Å². The molecule has 0 atom stereocenters. The zero-order chi connectivity index (χ0) is 19.3. The van der Waals surface area contributed by atoms with Crippen LogP contribution in [0.25, 0.3) is 0 Å². The molecular formula is C19H20ClF3N2O. The van der Waals surface area contributed by atoms with Gasteiger partial charge in [0.15, 0.2) is 0 Å². The highest BCUT2D eigenvalue weighted by atomic mass is 35.5. The standard InChI is InChI=1S/C19H20ClF3N2O/c1-24(2)25(13-5-6-14-9-11-15(20)12-10-14)18(26)16-7-3-4-8-17(16)19(21,22)23/h3-4,7-12H,5-6,13H2,1-2H3. The normalized spacial score (nSPS) is 11.7. The van der Waals surface area contributed by atoms with Crippen molar-refractivity contribution in [3.63, 3.8) is 0 Å². The molecule has 3 nitrogen and oxygen atoms in total. The summed E-state index contributed by atoms with van der Waals surface area (Å²) >= 11 is 5.85. The molecule has 0 aromatic heterocycles. The van der Waals surface area contributed by atoms with Crippen molar-refractivity contribution in [3.8, 4) is 0 Å².